The predicted octanol–water partition coefficient (Wildman–Crippen LogP) is 3.22. The summed E-state index contributed by atoms with van der Waals surface area (Å²) >= 11 is 1.86. The molecule has 1 atom stereocenters. The van der Waals surface area contributed by atoms with Crippen LogP contribution in [0.25, 0.3) is 0 Å². The minimum absolute atomic E-state index is 0.161. The van der Waals surface area contributed by atoms with Gasteiger partial charge in [0.05, 0.1) is 18.6 Å². The van der Waals surface area contributed by atoms with Crippen molar-refractivity contribution in [1.82, 2.24) is 5.32 Å². The second-order valence-corrected chi connectivity index (χ2v) is 6.00. The fourth-order valence-corrected chi connectivity index (χ4v) is 2.79. The summed E-state index contributed by atoms with van der Waals surface area (Å²) < 4.78 is 10.4. The molecule has 0 bridgehead atoms. The number of carbonyl (C=O) groups is 1. The van der Waals surface area contributed by atoms with Gasteiger partial charge in [0.25, 0.3) is 0 Å². The zero-order valence-electron chi connectivity index (χ0n) is 12.6. The maximum atomic E-state index is 11.9. The number of ether oxygens (including phenoxy) is 1. The number of hydrogen-bond donors (Lipinski definition) is 1. The Hall–Kier alpha value is -0.940. The zero-order valence-corrected chi connectivity index (χ0v) is 13.4. The molecule has 0 amide bonds. The number of thioether (sulfide) groups is 1. The van der Waals surface area contributed by atoms with Gasteiger partial charge in [-0.2, -0.15) is 11.8 Å². The third kappa shape index (κ3) is 5.59. The number of likely N-dealkylation sites (N-methyl/N-ethyl adjacent to an activating group) is 1. The molecule has 1 heterocycles. The molecule has 0 aromatic carbocycles. The van der Waals surface area contributed by atoms with E-state index in [1.165, 1.54) is 0 Å². The molecule has 0 fully saturated rings. The van der Waals surface area contributed by atoms with Gasteiger partial charge in [-0.3, -0.25) is 4.79 Å². The number of esters is 1. The largest absolute Gasteiger partial charge is 0.468 e. The molecule has 1 N–H and O–H groups in total. The maximum absolute atomic E-state index is 11.9. The van der Waals surface area contributed by atoms with Crippen molar-refractivity contribution in [3.63, 3.8) is 0 Å². The normalized spacial score (nSPS) is 13.9. The molecule has 1 rings (SSSR count). The van der Waals surface area contributed by atoms with E-state index in [4.69, 9.17) is 9.15 Å². The molecule has 20 heavy (non-hydrogen) atoms. The van der Waals surface area contributed by atoms with Gasteiger partial charge in [-0.1, -0.05) is 6.42 Å². The van der Waals surface area contributed by atoms with Gasteiger partial charge in [0, 0.05) is 0 Å². The number of furan rings is 1. The highest BCUT2D eigenvalue weighted by molar-refractivity contribution is 7.98. The van der Waals surface area contributed by atoms with Crippen molar-refractivity contribution in [2.45, 2.75) is 44.4 Å². The highest BCUT2D eigenvalue weighted by Gasteiger charge is 2.31. The lowest BCUT2D eigenvalue weighted by Crippen LogP contribution is -2.48. The number of unbranched alkanes of at least 4 members (excludes halogenated alkanes) is 1. The van der Waals surface area contributed by atoms with Crippen LogP contribution in [-0.2, 0) is 15.3 Å². The first-order valence-electron chi connectivity index (χ1n) is 7.08. The average molecular weight is 299 g/mol. The molecule has 0 spiro atoms. The summed E-state index contributed by atoms with van der Waals surface area (Å²) in [6.45, 7) is 4.16. The first-order chi connectivity index (χ1) is 9.62. The number of nitrogens with one attached hydrogen (secondary N) is 1. The third-order valence-corrected chi connectivity index (χ3v) is 4.38. The monoisotopic (exact) mass is 299 g/mol. The van der Waals surface area contributed by atoms with Gasteiger partial charge in [0.15, 0.2) is 0 Å². The molecule has 0 aliphatic carbocycles. The predicted molar refractivity (Wildman–Crippen MR) is 82.8 cm³/mol. The fraction of sp³-hybridized carbons (Fsp3) is 0.667. The van der Waals surface area contributed by atoms with Gasteiger partial charge < -0.3 is 14.5 Å². The van der Waals surface area contributed by atoms with Crippen LogP contribution in [0.15, 0.2) is 22.8 Å². The molecule has 5 heteroatoms. The van der Waals surface area contributed by atoms with E-state index >= 15 is 0 Å². The van der Waals surface area contributed by atoms with Crippen molar-refractivity contribution in [3.05, 3.63) is 24.2 Å². The molecule has 1 aromatic rings. The lowest BCUT2D eigenvalue weighted by atomic mass is 9.95. The highest BCUT2D eigenvalue weighted by atomic mass is 32.2. The molecular weight excluding hydrogens is 274 g/mol. The molecule has 0 saturated heterocycles. The lowest BCUT2D eigenvalue weighted by Gasteiger charge is -2.26. The molecule has 114 valence electrons. The van der Waals surface area contributed by atoms with E-state index in [2.05, 4.69) is 5.32 Å². The Kier molecular flexibility index (Phi) is 7.77. The highest BCUT2D eigenvalue weighted by Crippen LogP contribution is 2.19. The van der Waals surface area contributed by atoms with Gasteiger partial charge in [0.1, 0.15) is 11.3 Å². The van der Waals surface area contributed by atoms with Gasteiger partial charge >= 0.3 is 5.97 Å². The van der Waals surface area contributed by atoms with Crippen LogP contribution in [0.1, 0.15) is 38.9 Å². The summed E-state index contributed by atoms with van der Waals surface area (Å²) in [6.07, 6.45) is 4.58. The van der Waals surface area contributed by atoms with E-state index in [-0.39, 0.29) is 5.97 Å². The Labute approximate surface area is 125 Å². The summed E-state index contributed by atoms with van der Waals surface area (Å²) in [4.78, 5) is 11.9. The molecule has 1 unspecified atom stereocenters. The van der Waals surface area contributed by atoms with Crippen LogP contribution in [0.3, 0.4) is 0 Å². The van der Waals surface area contributed by atoms with Crippen molar-refractivity contribution in [3.8, 4) is 0 Å². The average Bonchev–Trinajstić information content (AvgIpc) is 2.95. The van der Waals surface area contributed by atoms with Crippen LogP contribution in [0.2, 0.25) is 0 Å². The molecule has 0 aliphatic heterocycles. The number of hydrogen-bond acceptors (Lipinski definition) is 5. The van der Waals surface area contributed by atoms with Crippen molar-refractivity contribution in [2.24, 2.45) is 0 Å². The molecule has 0 saturated carbocycles. The third-order valence-electron chi connectivity index (χ3n) is 3.32. The first kappa shape index (κ1) is 17.1. The zero-order chi connectivity index (χ0) is 14.8. The minimum Gasteiger partial charge on any atom is -0.468 e. The van der Waals surface area contributed by atoms with E-state index in [1.807, 2.05) is 44.8 Å². The first-order valence-corrected chi connectivity index (χ1v) is 8.24. The summed E-state index contributed by atoms with van der Waals surface area (Å²) in [5, 5.41) is 3.08. The van der Waals surface area contributed by atoms with Crippen LogP contribution < -0.4 is 5.32 Å². The van der Waals surface area contributed by atoms with Crippen molar-refractivity contribution in [1.29, 1.82) is 0 Å². The van der Waals surface area contributed by atoms with E-state index < -0.39 is 5.54 Å². The molecule has 4 nitrogen and oxygen atoms in total. The topological polar surface area (TPSA) is 51.5 Å². The molecular formula is C15H25NO3S. The number of rotatable bonds is 10. The molecule has 1 aromatic heterocycles. The Morgan fingerprint density at radius 3 is 2.90 bits per heavy atom. The standard InChI is InChI=1S/C15H25NO3S/c1-4-18-14(17)15(2,16-3)9-5-6-11-20-12-13-8-7-10-19-13/h7-8,10,16H,4-6,9,11-12H2,1-3H3. The molecule has 0 aliphatic rings. The summed E-state index contributed by atoms with van der Waals surface area (Å²) in [5.74, 6) is 2.84. The van der Waals surface area contributed by atoms with Gasteiger partial charge in [-0.15, -0.1) is 0 Å². The summed E-state index contributed by atoms with van der Waals surface area (Å²) in [7, 11) is 1.81. The summed E-state index contributed by atoms with van der Waals surface area (Å²) in [6, 6.07) is 3.90. The van der Waals surface area contributed by atoms with Crippen LogP contribution in [-0.4, -0.2) is 30.9 Å². The van der Waals surface area contributed by atoms with E-state index in [0.29, 0.717) is 6.61 Å². The van der Waals surface area contributed by atoms with E-state index in [1.54, 1.807) is 6.26 Å². The smallest absolute Gasteiger partial charge is 0.326 e. The van der Waals surface area contributed by atoms with E-state index in [9.17, 15) is 4.79 Å². The van der Waals surface area contributed by atoms with Crippen LogP contribution in [0.5, 0.6) is 0 Å². The Morgan fingerprint density at radius 2 is 2.30 bits per heavy atom. The lowest BCUT2D eigenvalue weighted by molar-refractivity contribution is -0.150. The van der Waals surface area contributed by atoms with Gasteiger partial charge in [-0.25, -0.2) is 0 Å². The SMILES string of the molecule is CCOC(=O)C(C)(CCCCSCc1ccco1)NC. The molecule has 0 radical (unpaired) electrons. The van der Waals surface area contributed by atoms with Crippen molar-refractivity contribution in [2.75, 3.05) is 19.4 Å². The Morgan fingerprint density at radius 1 is 1.50 bits per heavy atom. The number of carbonyl (C=O) groups excluding carboxylic acids is 1. The second kappa shape index (κ2) is 9.08. The Balaban J connectivity index is 2.16. The quantitative estimate of drug-likeness (QED) is 0.531. The van der Waals surface area contributed by atoms with Crippen LogP contribution in [0, 0.1) is 0 Å². The van der Waals surface area contributed by atoms with Gasteiger partial charge in [0.2, 0.25) is 0 Å². The summed E-state index contributed by atoms with van der Waals surface area (Å²) in [5.41, 5.74) is -0.568. The van der Waals surface area contributed by atoms with Crippen LogP contribution >= 0.6 is 11.8 Å². The second-order valence-electron chi connectivity index (χ2n) is 4.89. The Bertz CT molecular complexity index is 380. The van der Waals surface area contributed by atoms with Gasteiger partial charge in [-0.05, 0) is 51.6 Å². The van der Waals surface area contributed by atoms with Crippen molar-refractivity contribution < 1.29 is 13.9 Å². The fourth-order valence-electron chi connectivity index (χ4n) is 1.87. The van der Waals surface area contributed by atoms with Crippen molar-refractivity contribution >= 4 is 17.7 Å². The minimum atomic E-state index is -0.568. The van der Waals surface area contributed by atoms with Crippen LogP contribution in [0.4, 0.5) is 0 Å². The maximum Gasteiger partial charge on any atom is 0.326 e. The van der Waals surface area contributed by atoms with E-state index in [0.717, 1.165) is 36.5 Å².